The highest BCUT2D eigenvalue weighted by Crippen LogP contribution is 2.31. The second-order valence-corrected chi connectivity index (χ2v) is 7.74. The zero-order valence-corrected chi connectivity index (χ0v) is 16.7. The van der Waals surface area contributed by atoms with Gasteiger partial charge in [-0.05, 0) is 17.2 Å². The molecule has 0 saturated carbocycles. The van der Waals surface area contributed by atoms with E-state index >= 15 is 0 Å². The third kappa shape index (κ3) is 4.25. The normalized spacial score (nSPS) is 11.9. The maximum atomic E-state index is 13.0. The molecule has 4 rings (SSSR count). The third-order valence-corrected chi connectivity index (χ3v) is 5.56. The SMILES string of the molecule is Cn1cc2nc(SCc3cccc(C(F)(F)F)c3)n(Cc3ccccc3)c(=O)c2n1. The van der Waals surface area contributed by atoms with Gasteiger partial charge < -0.3 is 0 Å². The highest BCUT2D eigenvalue weighted by Gasteiger charge is 2.30. The van der Waals surface area contributed by atoms with Crippen LogP contribution in [0.25, 0.3) is 11.0 Å². The molecule has 0 aliphatic carbocycles. The first kappa shape index (κ1) is 20.2. The fourth-order valence-corrected chi connectivity index (χ4v) is 4.03. The summed E-state index contributed by atoms with van der Waals surface area (Å²) in [5, 5.41) is 4.63. The van der Waals surface area contributed by atoms with Crippen molar-refractivity contribution in [2.45, 2.75) is 23.6 Å². The van der Waals surface area contributed by atoms with Crippen LogP contribution in [0.3, 0.4) is 0 Å². The average Bonchev–Trinajstić information content (AvgIpc) is 3.10. The summed E-state index contributed by atoms with van der Waals surface area (Å²) in [5.74, 6) is 0.247. The lowest BCUT2D eigenvalue weighted by Gasteiger charge is -2.12. The van der Waals surface area contributed by atoms with E-state index in [0.717, 1.165) is 17.7 Å². The van der Waals surface area contributed by atoms with Gasteiger partial charge in [-0.25, -0.2) is 4.98 Å². The standard InChI is InChI=1S/C21H17F3N4OS/c1-27-12-17-18(26-27)19(29)28(11-14-6-3-2-4-7-14)20(25-17)30-13-15-8-5-9-16(10-15)21(22,23)24/h2-10,12H,11,13H2,1H3. The smallest absolute Gasteiger partial charge is 0.281 e. The second kappa shape index (κ2) is 7.98. The number of benzene rings is 2. The molecule has 0 radical (unpaired) electrons. The van der Waals surface area contributed by atoms with E-state index in [2.05, 4.69) is 10.1 Å². The lowest BCUT2D eigenvalue weighted by Crippen LogP contribution is -2.24. The largest absolute Gasteiger partial charge is 0.416 e. The molecular weight excluding hydrogens is 413 g/mol. The van der Waals surface area contributed by atoms with Gasteiger partial charge in [-0.3, -0.25) is 14.0 Å². The Morgan fingerprint density at radius 1 is 1.03 bits per heavy atom. The number of nitrogens with zero attached hydrogens (tertiary/aromatic N) is 4. The summed E-state index contributed by atoms with van der Waals surface area (Å²) < 4.78 is 42.0. The maximum Gasteiger partial charge on any atom is 0.416 e. The van der Waals surface area contributed by atoms with Crippen molar-refractivity contribution in [2.75, 3.05) is 0 Å². The Morgan fingerprint density at radius 2 is 1.77 bits per heavy atom. The van der Waals surface area contributed by atoms with Gasteiger partial charge in [0.15, 0.2) is 10.7 Å². The summed E-state index contributed by atoms with van der Waals surface area (Å²) in [6.45, 7) is 0.296. The van der Waals surface area contributed by atoms with Crippen LogP contribution in [-0.4, -0.2) is 19.3 Å². The number of fused-ring (bicyclic) bond motifs is 1. The van der Waals surface area contributed by atoms with Crippen LogP contribution in [0, 0.1) is 0 Å². The van der Waals surface area contributed by atoms with E-state index < -0.39 is 11.7 Å². The Kier molecular flexibility index (Phi) is 5.38. The Morgan fingerprint density at radius 3 is 2.50 bits per heavy atom. The zero-order chi connectivity index (χ0) is 21.3. The van der Waals surface area contributed by atoms with Crippen LogP contribution < -0.4 is 5.56 Å². The summed E-state index contributed by atoms with van der Waals surface area (Å²) in [4.78, 5) is 17.6. The van der Waals surface area contributed by atoms with Crippen molar-refractivity contribution in [1.29, 1.82) is 0 Å². The quantitative estimate of drug-likeness (QED) is 0.346. The van der Waals surface area contributed by atoms with Crippen LogP contribution in [0.15, 0.2) is 70.7 Å². The Hall–Kier alpha value is -3.07. The van der Waals surface area contributed by atoms with Crippen LogP contribution in [0.4, 0.5) is 13.2 Å². The zero-order valence-electron chi connectivity index (χ0n) is 15.9. The molecule has 0 amide bonds. The van der Waals surface area contributed by atoms with E-state index in [0.29, 0.717) is 22.8 Å². The van der Waals surface area contributed by atoms with E-state index in [-0.39, 0.29) is 16.8 Å². The molecule has 2 aromatic heterocycles. The summed E-state index contributed by atoms with van der Waals surface area (Å²) >= 11 is 1.22. The Labute approximate surface area is 174 Å². The molecule has 0 fully saturated rings. The number of halogens is 3. The number of aromatic nitrogens is 4. The molecule has 4 aromatic rings. The molecule has 0 aliphatic rings. The predicted molar refractivity (Wildman–Crippen MR) is 109 cm³/mol. The first-order valence-electron chi connectivity index (χ1n) is 9.08. The minimum absolute atomic E-state index is 0.247. The van der Waals surface area contributed by atoms with Gasteiger partial charge in [0.25, 0.3) is 5.56 Å². The minimum atomic E-state index is -4.40. The summed E-state index contributed by atoms with van der Waals surface area (Å²) in [6.07, 6.45) is -2.75. The van der Waals surface area contributed by atoms with Crippen molar-refractivity contribution in [3.8, 4) is 0 Å². The minimum Gasteiger partial charge on any atom is -0.281 e. The van der Waals surface area contributed by atoms with Crippen molar-refractivity contribution in [3.05, 3.63) is 87.8 Å². The van der Waals surface area contributed by atoms with Gasteiger partial charge in [0, 0.05) is 12.8 Å². The highest BCUT2D eigenvalue weighted by molar-refractivity contribution is 7.98. The summed E-state index contributed by atoms with van der Waals surface area (Å²) in [6, 6.07) is 14.6. The molecule has 5 nitrogen and oxygen atoms in total. The highest BCUT2D eigenvalue weighted by atomic mass is 32.2. The van der Waals surface area contributed by atoms with E-state index in [1.165, 1.54) is 27.1 Å². The Balaban J connectivity index is 1.70. The van der Waals surface area contributed by atoms with Gasteiger partial charge in [-0.1, -0.05) is 60.3 Å². The molecular formula is C21H17F3N4OS. The Bertz CT molecular complexity index is 1250. The average molecular weight is 430 g/mol. The molecule has 154 valence electrons. The second-order valence-electron chi connectivity index (χ2n) is 6.79. The monoisotopic (exact) mass is 430 g/mol. The third-order valence-electron chi connectivity index (χ3n) is 4.51. The van der Waals surface area contributed by atoms with Crippen LogP contribution in [0.5, 0.6) is 0 Å². The summed E-state index contributed by atoms with van der Waals surface area (Å²) in [5.41, 5.74) is 1.16. The van der Waals surface area contributed by atoms with E-state index in [4.69, 9.17) is 0 Å². The fourth-order valence-electron chi connectivity index (χ4n) is 3.09. The van der Waals surface area contributed by atoms with Crippen LogP contribution >= 0.6 is 11.8 Å². The maximum absolute atomic E-state index is 13.0. The van der Waals surface area contributed by atoms with Gasteiger partial charge in [0.1, 0.15) is 5.52 Å². The first-order chi connectivity index (χ1) is 14.3. The van der Waals surface area contributed by atoms with Crippen molar-refractivity contribution < 1.29 is 13.2 Å². The molecule has 0 atom stereocenters. The van der Waals surface area contributed by atoms with Crippen LogP contribution in [0.1, 0.15) is 16.7 Å². The molecule has 0 unspecified atom stereocenters. The molecule has 2 aromatic carbocycles. The number of hydrogen-bond acceptors (Lipinski definition) is 4. The van der Waals surface area contributed by atoms with E-state index in [1.807, 2.05) is 30.3 Å². The van der Waals surface area contributed by atoms with Gasteiger partial charge in [0.2, 0.25) is 0 Å². The fraction of sp³-hybridized carbons (Fsp3) is 0.190. The number of rotatable bonds is 5. The lowest BCUT2D eigenvalue weighted by atomic mass is 10.1. The number of aryl methyl sites for hydroxylation is 1. The van der Waals surface area contributed by atoms with Gasteiger partial charge >= 0.3 is 6.18 Å². The van der Waals surface area contributed by atoms with Gasteiger partial charge in [0.05, 0.1) is 18.3 Å². The molecule has 30 heavy (non-hydrogen) atoms. The van der Waals surface area contributed by atoms with Gasteiger partial charge in [-0.2, -0.15) is 18.3 Å². The van der Waals surface area contributed by atoms with Crippen molar-refractivity contribution in [1.82, 2.24) is 19.3 Å². The van der Waals surface area contributed by atoms with E-state index in [9.17, 15) is 18.0 Å². The van der Waals surface area contributed by atoms with Crippen LogP contribution in [0.2, 0.25) is 0 Å². The lowest BCUT2D eigenvalue weighted by molar-refractivity contribution is -0.137. The van der Waals surface area contributed by atoms with Gasteiger partial charge in [-0.15, -0.1) is 0 Å². The van der Waals surface area contributed by atoms with Crippen molar-refractivity contribution in [2.24, 2.45) is 7.05 Å². The number of hydrogen-bond donors (Lipinski definition) is 0. The molecule has 2 heterocycles. The molecule has 0 aliphatic heterocycles. The first-order valence-corrected chi connectivity index (χ1v) is 10.1. The molecule has 0 N–H and O–H groups in total. The van der Waals surface area contributed by atoms with Crippen LogP contribution in [-0.2, 0) is 25.5 Å². The van der Waals surface area contributed by atoms with Crippen molar-refractivity contribution in [3.63, 3.8) is 0 Å². The number of thioether (sulfide) groups is 1. The van der Waals surface area contributed by atoms with Crippen molar-refractivity contribution >= 4 is 22.8 Å². The molecule has 0 spiro atoms. The number of alkyl halides is 3. The molecule has 9 heteroatoms. The molecule has 0 saturated heterocycles. The molecule has 0 bridgehead atoms. The summed E-state index contributed by atoms with van der Waals surface area (Å²) in [7, 11) is 1.71. The topological polar surface area (TPSA) is 52.7 Å². The predicted octanol–water partition coefficient (Wildman–Crippen LogP) is 4.49. The van der Waals surface area contributed by atoms with E-state index in [1.54, 1.807) is 19.3 Å².